The zero-order chi connectivity index (χ0) is 16.9. The van der Waals surface area contributed by atoms with Crippen LogP contribution in [0.1, 0.15) is 50.9 Å². The van der Waals surface area contributed by atoms with Gasteiger partial charge in [-0.05, 0) is 49.2 Å². The van der Waals surface area contributed by atoms with Crippen LogP contribution in [0.4, 0.5) is 5.82 Å². The molecular weight excluding hydrogens is 352 g/mol. The Morgan fingerprint density at radius 3 is 2.55 bits per heavy atom. The number of carbonyl (C=O) groups is 2. The molecule has 0 bridgehead atoms. The standard InChI is InChI=1S/C15H21BrN2O4/c1-5-6-17-13-9(7-10(16)14(21)18-13)11(19)8-12(20)22-15(2,3)4/h7H,5-6,8H2,1-4H3,(H2,17,18,21). The molecule has 0 aliphatic heterocycles. The number of halogens is 1. The van der Waals surface area contributed by atoms with E-state index in [-0.39, 0.29) is 22.0 Å². The number of ketones is 1. The first-order valence-electron chi connectivity index (χ1n) is 7.05. The first-order chi connectivity index (χ1) is 10.1. The summed E-state index contributed by atoms with van der Waals surface area (Å²) in [4.78, 5) is 38.3. The Morgan fingerprint density at radius 2 is 2.00 bits per heavy atom. The smallest absolute Gasteiger partial charge is 0.314 e. The van der Waals surface area contributed by atoms with Gasteiger partial charge in [-0.15, -0.1) is 0 Å². The summed E-state index contributed by atoms with van der Waals surface area (Å²) in [6, 6.07) is 1.42. The van der Waals surface area contributed by atoms with Crippen molar-refractivity contribution in [3.63, 3.8) is 0 Å². The fraction of sp³-hybridized carbons (Fsp3) is 0.533. The second-order valence-electron chi connectivity index (χ2n) is 5.85. The lowest BCUT2D eigenvalue weighted by molar-refractivity contribution is -0.153. The molecule has 6 nitrogen and oxygen atoms in total. The number of aromatic nitrogens is 1. The predicted octanol–water partition coefficient (Wildman–Crippen LogP) is 2.87. The highest BCUT2D eigenvalue weighted by Gasteiger charge is 2.22. The van der Waals surface area contributed by atoms with Crippen LogP contribution in [0, 0.1) is 0 Å². The van der Waals surface area contributed by atoms with E-state index in [4.69, 9.17) is 4.74 Å². The van der Waals surface area contributed by atoms with E-state index in [9.17, 15) is 14.4 Å². The monoisotopic (exact) mass is 372 g/mol. The minimum absolute atomic E-state index is 0.238. The van der Waals surface area contributed by atoms with Gasteiger partial charge in [-0.25, -0.2) is 0 Å². The molecule has 1 aromatic rings. The second-order valence-corrected chi connectivity index (χ2v) is 6.70. The molecule has 1 heterocycles. The number of pyridine rings is 1. The summed E-state index contributed by atoms with van der Waals surface area (Å²) in [5.74, 6) is -0.685. The number of hydrogen-bond donors (Lipinski definition) is 2. The van der Waals surface area contributed by atoms with E-state index < -0.39 is 17.4 Å². The van der Waals surface area contributed by atoms with Crippen molar-refractivity contribution in [2.24, 2.45) is 0 Å². The number of nitrogens with one attached hydrogen (secondary N) is 2. The Balaban J connectivity index is 2.98. The molecule has 0 amide bonds. The average molecular weight is 373 g/mol. The first-order valence-corrected chi connectivity index (χ1v) is 7.85. The number of Topliss-reactive ketones (excluding diaryl/α,β-unsaturated/α-hetero) is 1. The first kappa shape index (κ1) is 18.4. The highest BCUT2D eigenvalue weighted by Crippen LogP contribution is 2.18. The molecule has 0 atom stereocenters. The van der Waals surface area contributed by atoms with Gasteiger partial charge in [0.15, 0.2) is 5.78 Å². The van der Waals surface area contributed by atoms with Crippen molar-refractivity contribution in [1.29, 1.82) is 0 Å². The molecule has 7 heteroatoms. The highest BCUT2D eigenvalue weighted by atomic mass is 79.9. The molecule has 0 radical (unpaired) electrons. The van der Waals surface area contributed by atoms with Crippen LogP contribution in [0.2, 0.25) is 0 Å². The number of esters is 1. The van der Waals surface area contributed by atoms with Crippen LogP contribution in [-0.2, 0) is 9.53 Å². The maximum Gasteiger partial charge on any atom is 0.314 e. The molecule has 0 fully saturated rings. The van der Waals surface area contributed by atoms with Crippen molar-refractivity contribution < 1.29 is 14.3 Å². The summed E-state index contributed by atoms with van der Waals surface area (Å²) in [7, 11) is 0. The number of rotatable bonds is 6. The van der Waals surface area contributed by atoms with Gasteiger partial charge in [0.2, 0.25) is 0 Å². The SMILES string of the molecule is CCCNc1[nH]c(=O)c(Br)cc1C(=O)CC(=O)OC(C)(C)C. The quantitative estimate of drug-likeness (QED) is 0.455. The highest BCUT2D eigenvalue weighted by molar-refractivity contribution is 9.10. The number of carbonyl (C=O) groups excluding carboxylic acids is 2. The number of H-pyrrole nitrogens is 1. The molecule has 2 N–H and O–H groups in total. The van der Waals surface area contributed by atoms with Gasteiger partial charge < -0.3 is 15.0 Å². The lowest BCUT2D eigenvalue weighted by Gasteiger charge is -2.19. The van der Waals surface area contributed by atoms with Crippen LogP contribution in [-0.4, -0.2) is 28.9 Å². The Kier molecular flexibility index (Phi) is 6.34. The molecule has 1 rings (SSSR count). The van der Waals surface area contributed by atoms with Crippen LogP contribution in [0.25, 0.3) is 0 Å². The van der Waals surface area contributed by atoms with Crippen molar-refractivity contribution in [2.45, 2.75) is 46.1 Å². The van der Waals surface area contributed by atoms with Crippen molar-refractivity contribution in [3.05, 3.63) is 26.5 Å². The third-order valence-electron chi connectivity index (χ3n) is 2.57. The van der Waals surface area contributed by atoms with Gasteiger partial charge in [-0.1, -0.05) is 6.92 Å². The van der Waals surface area contributed by atoms with Crippen molar-refractivity contribution in [1.82, 2.24) is 4.98 Å². The van der Waals surface area contributed by atoms with Crippen LogP contribution in [0.15, 0.2) is 15.3 Å². The molecule has 0 aliphatic rings. The van der Waals surface area contributed by atoms with Gasteiger partial charge in [0.05, 0.1) is 10.0 Å². The number of hydrogen-bond acceptors (Lipinski definition) is 5. The minimum atomic E-state index is -0.647. The third-order valence-corrected chi connectivity index (χ3v) is 3.16. The summed E-state index contributed by atoms with van der Waals surface area (Å²) < 4.78 is 5.38. The maximum atomic E-state index is 12.3. The van der Waals surface area contributed by atoms with Gasteiger partial charge in [0.25, 0.3) is 5.56 Å². The van der Waals surface area contributed by atoms with E-state index in [0.29, 0.717) is 12.4 Å². The molecule has 1 aromatic heterocycles. The van der Waals surface area contributed by atoms with Crippen molar-refractivity contribution >= 4 is 33.5 Å². The van der Waals surface area contributed by atoms with Crippen molar-refractivity contribution in [3.8, 4) is 0 Å². The Bertz CT molecular complexity index is 617. The maximum absolute atomic E-state index is 12.3. The fourth-order valence-corrected chi connectivity index (χ4v) is 2.05. The summed E-state index contributed by atoms with van der Waals surface area (Å²) in [6.45, 7) is 7.77. The van der Waals surface area contributed by atoms with Gasteiger partial charge >= 0.3 is 5.97 Å². The van der Waals surface area contributed by atoms with Gasteiger partial charge in [0.1, 0.15) is 17.8 Å². The fourth-order valence-electron chi connectivity index (χ4n) is 1.72. The Hall–Kier alpha value is -1.63. The molecule has 0 saturated carbocycles. The third kappa shape index (κ3) is 5.63. The normalized spacial score (nSPS) is 11.1. The molecule has 0 unspecified atom stereocenters. The Labute approximate surface area is 137 Å². The summed E-state index contributed by atoms with van der Waals surface area (Å²) in [5, 5.41) is 2.98. The van der Waals surface area contributed by atoms with Crippen molar-refractivity contribution in [2.75, 3.05) is 11.9 Å². The van der Waals surface area contributed by atoms with E-state index in [1.54, 1.807) is 20.8 Å². The molecule has 0 aliphatic carbocycles. The molecule has 0 saturated heterocycles. The van der Waals surface area contributed by atoms with Crippen LogP contribution < -0.4 is 10.9 Å². The van der Waals surface area contributed by atoms with Gasteiger partial charge in [-0.2, -0.15) is 0 Å². The zero-order valence-electron chi connectivity index (χ0n) is 13.2. The number of aromatic amines is 1. The lowest BCUT2D eigenvalue weighted by atomic mass is 10.1. The number of ether oxygens (including phenoxy) is 1. The summed E-state index contributed by atoms with van der Waals surface area (Å²) in [5.41, 5.74) is -0.732. The number of anilines is 1. The van der Waals surface area contributed by atoms with Crippen LogP contribution in [0.3, 0.4) is 0 Å². The van der Waals surface area contributed by atoms with E-state index in [2.05, 4.69) is 26.2 Å². The van der Waals surface area contributed by atoms with Gasteiger partial charge in [-0.3, -0.25) is 14.4 Å². The molecule has 0 aromatic carbocycles. The van der Waals surface area contributed by atoms with Crippen LogP contribution in [0.5, 0.6) is 0 Å². The molecule has 122 valence electrons. The lowest BCUT2D eigenvalue weighted by Crippen LogP contribution is -2.26. The topological polar surface area (TPSA) is 88.3 Å². The van der Waals surface area contributed by atoms with E-state index in [1.807, 2.05) is 6.92 Å². The van der Waals surface area contributed by atoms with E-state index >= 15 is 0 Å². The average Bonchev–Trinajstić information content (AvgIpc) is 2.37. The summed E-state index contributed by atoms with van der Waals surface area (Å²) in [6.07, 6.45) is 0.453. The van der Waals surface area contributed by atoms with Gasteiger partial charge in [0, 0.05) is 6.54 Å². The van der Waals surface area contributed by atoms with Crippen LogP contribution >= 0.6 is 15.9 Å². The minimum Gasteiger partial charge on any atom is -0.460 e. The Morgan fingerprint density at radius 1 is 1.36 bits per heavy atom. The molecule has 22 heavy (non-hydrogen) atoms. The molecular formula is C15H21BrN2O4. The second kappa shape index (κ2) is 7.58. The zero-order valence-corrected chi connectivity index (χ0v) is 14.8. The predicted molar refractivity (Wildman–Crippen MR) is 88.3 cm³/mol. The molecule has 0 spiro atoms. The largest absolute Gasteiger partial charge is 0.460 e. The summed E-state index contributed by atoms with van der Waals surface area (Å²) >= 11 is 3.09. The van der Waals surface area contributed by atoms with E-state index in [0.717, 1.165) is 6.42 Å². The van der Waals surface area contributed by atoms with E-state index in [1.165, 1.54) is 6.07 Å².